The normalized spacial score (nSPS) is 20.9. The maximum atomic E-state index is 10.8. The molecule has 0 heterocycles. The van der Waals surface area contributed by atoms with Crippen LogP contribution >= 0.6 is 0 Å². The highest BCUT2D eigenvalue weighted by Gasteiger charge is 2.36. The molecule has 16 heavy (non-hydrogen) atoms. The van der Waals surface area contributed by atoms with Crippen molar-refractivity contribution in [1.82, 2.24) is 0 Å². The van der Waals surface area contributed by atoms with Gasteiger partial charge >= 0.3 is 0 Å². The van der Waals surface area contributed by atoms with E-state index in [1.54, 1.807) is 0 Å². The minimum absolute atomic E-state index is 0.866. The van der Waals surface area contributed by atoms with E-state index >= 15 is 0 Å². The van der Waals surface area contributed by atoms with Gasteiger partial charge in [-0.1, -0.05) is 0 Å². The fourth-order valence-electron chi connectivity index (χ4n) is 1.01. The predicted octanol–water partition coefficient (Wildman–Crippen LogP) is -4.66. The van der Waals surface area contributed by atoms with E-state index in [0.29, 0.717) is 0 Å². The van der Waals surface area contributed by atoms with E-state index in [1.165, 1.54) is 0 Å². The van der Waals surface area contributed by atoms with E-state index in [1.807, 2.05) is 0 Å². The Bertz CT molecular complexity index is 220. The molecule has 0 amide bonds. The highest BCUT2D eigenvalue weighted by Crippen LogP contribution is 2.09. The second-order valence-electron chi connectivity index (χ2n) is 3.29. The number of Topliss-reactive ketones (excluding diaryl/α,β-unsaturated/α-hetero) is 1. The Balaban J connectivity index is 4.47. The average Bonchev–Trinajstić information content (AvgIpc) is 2.32. The minimum Gasteiger partial charge on any atom is -0.394 e. The summed E-state index contributed by atoms with van der Waals surface area (Å²) in [6.07, 6.45) is -9.84. The molecule has 8 nitrogen and oxygen atoms in total. The molecule has 5 atom stereocenters. The molecule has 0 saturated carbocycles. The summed E-state index contributed by atoms with van der Waals surface area (Å²) in [5.74, 6) is -1.14. The van der Waals surface area contributed by atoms with Gasteiger partial charge in [0.1, 0.15) is 37.1 Å². The third kappa shape index (κ3) is 3.76. The number of aliphatic hydroxyl groups is 7. The first-order valence-corrected chi connectivity index (χ1v) is 4.51. The largest absolute Gasteiger partial charge is 0.394 e. The van der Waals surface area contributed by atoms with Crippen molar-refractivity contribution >= 4 is 5.78 Å². The van der Waals surface area contributed by atoms with Crippen molar-refractivity contribution in [3.63, 3.8) is 0 Å². The monoisotopic (exact) mass is 240 g/mol. The third-order valence-electron chi connectivity index (χ3n) is 2.09. The second-order valence-corrected chi connectivity index (χ2v) is 3.29. The molecule has 0 aliphatic rings. The van der Waals surface area contributed by atoms with Crippen LogP contribution in [0.1, 0.15) is 0 Å². The summed E-state index contributed by atoms with van der Waals surface area (Å²) in [5, 5.41) is 62.5. The average molecular weight is 240 g/mol. The first-order valence-electron chi connectivity index (χ1n) is 4.51. The van der Waals surface area contributed by atoms with Crippen LogP contribution in [0.25, 0.3) is 0 Å². The number of rotatable bonds is 7. The van der Waals surface area contributed by atoms with Gasteiger partial charge in [0.05, 0.1) is 6.61 Å². The first-order chi connectivity index (χ1) is 7.36. The lowest BCUT2D eigenvalue weighted by Gasteiger charge is -2.27. The Morgan fingerprint density at radius 3 is 1.75 bits per heavy atom. The highest BCUT2D eigenvalue weighted by molar-refractivity contribution is 5.84. The SMILES string of the molecule is O=C(CO)[C@@H](O)[C@H](O)[C@@H](O)[C@H](O)[C@H](O)CO. The molecule has 0 aromatic rings. The van der Waals surface area contributed by atoms with Gasteiger partial charge in [0.15, 0.2) is 5.78 Å². The van der Waals surface area contributed by atoms with Crippen molar-refractivity contribution in [2.75, 3.05) is 13.2 Å². The van der Waals surface area contributed by atoms with E-state index in [-0.39, 0.29) is 0 Å². The van der Waals surface area contributed by atoms with Gasteiger partial charge in [-0.2, -0.15) is 0 Å². The smallest absolute Gasteiger partial charge is 0.189 e. The van der Waals surface area contributed by atoms with Crippen molar-refractivity contribution in [3.05, 3.63) is 0 Å². The Hall–Kier alpha value is -0.610. The zero-order valence-electron chi connectivity index (χ0n) is 8.34. The Morgan fingerprint density at radius 1 is 0.875 bits per heavy atom. The van der Waals surface area contributed by atoms with Gasteiger partial charge in [-0.3, -0.25) is 4.79 Å². The molecular weight excluding hydrogens is 224 g/mol. The standard InChI is InChI=1S/C8H16O8/c9-1-3(11)5(13)7(15)8(16)6(14)4(12)2-10/h3,5-11,13-16H,1-2H2/t3-,5-,6-,7+,8+/m1/s1. The minimum atomic E-state index is -2.08. The van der Waals surface area contributed by atoms with Crippen LogP contribution in [0.4, 0.5) is 0 Å². The van der Waals surface area contributed by atoms with Gasteiger partial charge in [-0.05, 0) is 0 Å². The van der Waals surface area contributed by atoms with Gasteiger partial charge in [-0.25, -0.2) is 0 Å². The van der Waals surface area contributed by atoms with Crippen molar-refractivity contribution in [2.45, 2.75) is 30.5 Å². The molecule has 0 aliphatic carbocycles. The third-order valence-corrected chi connectivity index (χ3v) is 2.09. The van der Waals surface area contributed by atoms with Crippen LogP contribution < -0.4 is 0 Å². The fraction of sp³-hybridized carbons (Fsp3) is 0.875. The molecule has 0 saturated heterocycles. The molecule has 0 aromatic heterocycles. The van der Waals surface area contributed by atoms with Crippen LogP contribution in [-0.2, 0) is 4.79 Å². The van der Waals surface area contributed by atoms with Crippen LogP contribution in [0, 0.1) is 0 Å². The van der Waals surface area contributed by atoms with Crippen LogP contribution in [0.15, 0.2) is 0 Å². The van der Waals surface area contributed by atoms with Crippen molar-refractivity contribution in [2.24, 2.45) is 0 Å². The number of carbonyl (C=O) groups is 1. The number of hydrogen-bond donors (Lipinski definition) is 7. The molecule has 0 unspecified atom stereocenters. The molecule has 0 fully saturated rings. The molecule has 96 valence electrons. The van der Waals surface area contributed by atoms with Gasteiger partial charge in [-0.15, -0.1) is 0 Å². The van der Waals surface area contributed by atoms with Crippen LogP contribution in [0.3, 0.4) is 0 Å². The quantitative estimate of drug-likeness (QED) is 0.234. The van der Waals surface area contributed by atoms with Crippen molar-refractivity contribution in [1.29, 1.82) is 0 Å². The molecule has 0 aromatic carbocycles. The molecule has 0 rings (SSSR count). The predicted molar refractivity (Wildman–Crippen MR) is 49.2 cm³/mol. The number of ketones is 1. The Morgan fingerprint density at radius 2 is 1.38 bits per heavy atom. The van der Waals surface area contributed by atoms with E-state index in [4.69, 9.17) is 25.5 Å². The maximum Gasteiger partial charge on any atom is 0.189 e. The highest BCUT2D eigenvalue weighted by atomic mass is 16.4. The van der Waals surface area contributed by atoms with Gasteiger partial charge in [0, 0.05) is 0 Å². The van der Waals surface area contributed by atoms with Crippen molar-refractivity contribution in [3.8, 4) is 0 Å². The summed E-state index contributed by atoms with van der Waals surface area (Å²) in [7, 11) is 0. The summed E-state index contributed by atoms with van der Waals surface area (Å²) in [4.78, 5) is 10.8. The lowest BCUT2D eigenvalue weighted by Crippen LogP contribution is -2.52. The van der Waals surface area contributed by atoms with Gasteiger partial charge in [0.2, 0.25) is 0 Å². The number of aliphatic hydroxyl groups excluding tert-OH is 7. The molecule has 0 spiro atoms. The summed E-state index contributed by atoms with van der Waals surface area (Å²) in [6.45, 7) is -1.90. The van der Waals surface area contributed by atoms with Crippen LogP contribution in [-0.4, -0.2) is 85.3 Å². The molecule has 0 radical (unpaired) electrons. The van der Waals surface area contributed by atoms with E-state index in [9.17, 15) is 15.0 Å². The molecule has 0 aliphatic heterocycles. The Labute approximate surface area is 91.0 Å². The van der Waals surface area contributed by atoms with Crippen molar-refractivity contribution < 1.29 is 40.5 Å². The van der Waals surface area contributed by atoms with Crippen LogP contribution in [0.2, 0.25) is 0 Å². The Kier molecular flexibility index (Phi) is 6.60. The molecule has 8 heteroatoms. The molecule has 7 N–H and O–H groups in total. The summed E-state index contributed by atoms with van der Waals surface area (Å²) in [5.41, 5.74) is 0. The topological polar surface area (TPSA) is 159 Å². The fourth-order valence-corrected chi connectivity index (χ4v) is 1.01. The molecular formula is C8H16O8. The zero-order valence-corrected chi connectivity index (χ0v) is 8.34. The first kappa shape index (κ1) is 15.4. The lowest BCUT2D eigenvalue weighted by molar-refractivity contribution is -0.157. The molecule has 0 bridgehead atoms. The van der Waals surface area contributed by atoms with Crippen LogP contribution in [0.5, 0.6) is 0 Å². The van der Waals surface area contributed by atoms with Gasteiger partial charge in [0.25, 0.3) is 0 Å². The summed E-state index contributed by atoms with van der Waals surface area (Å²) >= 11 is 0. The number of carbonyl (C=O) groups excluding carboxylic acids is 1. The van der Waals surface area contributed by atoms with Gasteiger partial charge < -0.3 is 35.7 Å². The maximum absolute atomic E-state index is 10.8. The lowest BCUT2D eigenvalue weighted by atomic mass is 9.97. The van der Waals surface area contributed by atoms with E-state index in [0.717, 1.165) is 0 Å². The second kappa shape index (κ2) is 6.86. The number of hydrogen-bond acceptors (Lipinski definition) is 8. The summed E-state index contributed by atoms with van der Waals surface area (Å²) in [6, 6.07) is 0. The van der Waals surface area contributed by atoms with E-state index in [2.05, 4.69) is 0 Å². The zero-order chi connectivity index (χ0) is 12.9. The van der Waals surface area contributed by atoms with E-state index < -0.39 is 49.5 Å². The summed E-state index contributed by atoms with van der Waals surface area (Å²) < 4.78 is 0.